The summed E-state index contributed by atoms with van der Waals surface area (Å²) in [6.07, 6.45) is 0.580. The van der Waals surface area contributed by atoms with E-state index in [1.54, 1.807) is 15.9 Å². The van der Waals surface area contributed by atoms with Gasteiger partial charge >= 0.3 is 0 Å². The smallest absolute Gasteiger partial charge is 0.268 e. The number of aromatic amines is 1. The van der Waals surface area contributed by atoms with Gasteiger partial charge in [0, 0.05) is 29.0 Å². The van der Waals surface area contributed by atoms with Crippen LogP contribution in [0.2, 0.25) is 10.0 Å². The van der Waals surface area contributed by atoms with Crippen LogP contribution in [0.25, 0.3) is 10.9 Å². The minimum absolute atomic E-state index is 0.00567. The summed E-state index contributed by atoms with van der Waals surface area (Å²) in [7, 11) is -4.07. The van der Waals surface area contributed by atoms with Gasteiger partial charge in [-0.05, 0) is 54.7 Å². The Kier molecular flexibility index (Phi) is 8.08. The fraction of sp³-hybridized carbons (Fsp3) is 0.414. The molecule has 2 saturated heterocycles. The molecule has 0 aliphatic carbocycles. The number of hydrogen-bond donors (Lipinski definition) is 3. The van der Waals surface area contributed by atoms with Gasteiger partial charge in [0.05, 0.1) is 23.7 Å². The lowest BCUT2D eigenvalue weighted by atomic mass is 9.85. The Balaban J connectivity index is 1.23. The van der Waals surface area contributed by atoms with Crippen molar-refractivity contribution in [3.05, 3.63) is 63.8 Å². The van der Waals surface area contributed by atoms with Crippen molar-refractivity contribution in [2.45, 2.75) is 57.1 Å². The van der Waals surface area contributed by atoms with Crippen LogP contribution in [-0.2, 0) is 19.6 Å². The minimum Gasteiger partial charge on any atom is -0.351 e. The number of sulfonamides is 1. The molecule has 3 aromatic rings. The summed E-state index contributed by atoms with van der Waals surface area (Å²) >= 11 is 11.9. The molecule has 2 aromatic carbocycles. The summed E-state index contributed by atoms with van der Waals surface area (Å²) in [5.41, 5.74) is 1.69. The third-order valence-corrected chi connectivity index (χ3v) is 10.1. The Morgan fingerprint density at radius 3 is 2.38 bits per heavy atom. The molecule has 2 bridgehead atoms. The Labute approximate surface area is 254 Å². The SMILES string of the molecule is Cc1cccc2[nH]c(C(=O)N[C@H](C(=O)N3C[C@@H]4C[C@H]3CN4C(=O)CNS(=O)(=O)c3cc(Cl)ccc3Cl)C(C)(C)C)cc12. The first-order chi connectivity index (χ1) is 19.7. The number of fused-ring (bicyclic) bond motifs is 3. The van der Waals surface area contributed by atoms with Gasteiger partial charge < -0.3 is 20.1 Å². The van der Waals surface area contributed by atoms with Crippen molar-refractivity contribution in [2.75, 3.05) is 19.6 Å². The Hall–Kier alpha value is -3.12. The average Bonchev–Trinajstić information content (AvgIpc) is 3.65. The van der Waals surface area contributed by atoms with E-state index in [4.69, 9.17) is 23.2 Å². The monoisotopic (exact) mass is 633 g/mol. The number of carbonyl (C=O) groups excluding carboxylic acids is 3. The molecule has 3 N–H and O–H groups in total. The maximum Gasteiger partial charge on any atom is 0.268 e. The van der Waals surface area contributed by atoms with Gasteiger partial charge in [-0.2, -0.15) is 0 Å². The number of piperazine rings is 1. The number of amides is 3. The molecule has 42 heavy (non-hydrogen) atoms. The zero-order valence-electron chi connectivity index (χ0n) is 23.7. The first-order valence-corrected chi connectivity index (χ1v) is 15.8. The van der Waals surface area contributed by atoms with Crippen molar-refractivity contribution >= 4 is 61.8 Å². The first kappa shape index (κ1) is 30.3. The van der Waals surface area contributed by atoms with Crippen molar-refractivity contribution in [1.29, 1.82) is 0 Å². The number of nitrogens with one attached hydrogen (secondary N) is 3. The second-order valence-corrected chi connectivity index (χ2v) is 14.6. The lowest BCUT2D eigenvalue weighted by Gasteiger charge is -2.39. The second kappa shape index (κ2) is 11.2. The number of benzene rings is 2. The molecular formula is C29H33Cl2N5O5S. The maximum atomic E-state index is 13.8. The van der Waals surface area contributed by atoms with Crippen LogP contribution in [0.3, 0.4) is 0 Å². The number of aryl methyl sites for hydroxylation is 1. The summed E-state index contributed by atoms with van der Waals surface area (Å²) in [5, 5.41) is 4.09. The van der Waals surface area contributed by atoms with Crippen LogP contribution in [0.15, 0.2) is 47.4 Å². The van der Waals surface area contributed by atoms with Gasteiger partial charge in [-0.3, -0.25) is 14.4 Å². The number of H-pyrrole nitrogens is 1. The molecule has 2 fully saturated rings. The van der Waals surface area contributed by atoms with Crippen LogP contribution < -0.4 is 10.0 Å². The highest BCUT2D eigenvalue weighted by Crippen LogP contribution is 2.34. The van der Waals surface area contributed by atoms with Gasteiger partial charge in [-0.15, -0.1) is 0 Å². The third kappa shape index (κ3) is 5.88. The summed E-state index contributed by atoms with van der Waals surface area (Å²) in [5.74, 6) is -0.975. The number of halogens is 2. The standard InChI is InChI=1S/C29H33Cl2N5O5S/c1-16-6-5-7-22-20(16)12-23(33-22)27(38)34-26(29(2,3)4)28(39)36-15-18-11-19(36)14-35(18)25(37)13-32-42(40,41)24-10-17(30)8-9-21(24)31/h5-10,12,18-19,26,32-33H,11,13-15H2,1-4H3,(H,34,38)/t18-,19-,26+/m0/s1. The zero-order valence-corrected chi connectivity index (χ0v) is 26.0. The summed E-state index contributed by atoms with van der Waals surface area (Å²) in [4.78, 5) is 46.4. The van der Waals surface area contributed by atoms with Gasteiger partial charge in [-0.25, -0.2) is 13.1 Å². The molecule has 0 saturated carbocycles. The number of rotatable bonds is 7. The van der Waals surface area contributed by atoms with Crippen molar-refractivity contribution < 1.29 is 22.8 Å². The molecule has 5 rings (SSSR count). The van der Waals surface area contributed by atoms with E-state index in [1.807, 2.05) is 45.9 Å². The molecule has 3 heterocycles. The van der Waals surface area contributed by atoms with Crippen molar-refractivity contribution in [1.82, 2.24) is 24.8 Å². The predicted octanol–water partition coefficient (Wildman–Crippen LogP) is 3.72. The largest absolute Gasteiger partial charge is 0.351 e. The van der Waals surface area contributed by atoms with E-state index in [0.717, 1.165) is 16.5 Å². The molecular weight excluding hydrogens is 601 g/mol. The van der Waals surface area contributed by atoms with Crippen LogP contribution in [0, 0.1) is 12.3 Å². The van der Waals surface area contributed by atoms with E-state index < -0.39 is 33.9 Å². The molecule has 1 aromatic heterocycles. The molecule has 3 amide bonds. The van der Waals surface area contributed by atoms with Crippen LogP contribution in [0.5, 0.6) is 0 Å². The summed E-state index contributed by atoms with van der Waals surface area (Å²) in [6.45, 7) is 7.79. The number of carbonyl (C=O) groups is 3. The van der Waals surface area contributed by atoms with Gasteiger partial charge in [0.1, 0.15) is 16.6 Å². The lowest BCUT2D eigenvalue weighted by molar-refractivity contribution is -0.142. The van der Waals surface area contributed by atoms with E-state index in [1.165, 1.54) is 18.2 Å². The fourth-order valence-corrected chi connectivity index (χ4v) is 7.45. The third-order valence-electron chi connectivity index (χ3n) is 7.96. The van der Waals surface area contributed by atoms with E-state index >= 15 is 0 Å². The zero-order chi connectivity index (χ0) is 30.6. The highest BCUT2D eigenvalue weighted by atomic mass is 35.5. The molecule has 3 atom stereocenters. The normalized spacial score (nSPS) is 19.4. The Bertz CT molecular complexity index is 1680. The average molecular weight is 635 g/mol. The molecule has 13 heteroatoms. The first-order valence-electron chi connectivity index (χ1n) is 13.6. The lowest BCUT2D eigenvalue weighted by Crippen LogP contribution is -2.59. The molecule has 0 radical (unpaired) electrons. The summed E-state index contributed by atoms with van der Waals surface area (Å²) < 4.78 is 27.8. The minimum atomic E-state index is -4.07. The molecule has 2 aliphatic rings. The number of hydrogen-bond acceptors (Lipinski definition) is 5. The van der Waals surface area contributed by atoms with E-state index in [2.05, 4.69) is 15.0 Å². The number of nitrogens with zero attached hydrogens (tertiary/aromatic N) is 2. The fourth-order valence-electron chi connectivity index (χ4n) is 5.71. The van der Waals surface area contributed by atoms with Crippen molar-refractivity contribution in [3.8, 4) is 0 Å². The van der Waals surface area contributed by atoms with Gasteiger partial charge in [0.25, 0.3) is 5.91 Å². The summed E-state index contributed by atoms with van der Waals surface area (Å²) in [6, 6.07) is 10.4. The van der Waals surface area contributed by atoms with Crippen molar-refractivity contribution in [3.63, 3.8) is 0 Å². The maximum absolute atomic E-state index is 13.8. The molecule has 224 valence electrons. The number of aromatic nitrogens is 1. The Morgan fingerprint density at radius 1 is 1.05 bits per heavy atom. The van der Waals surface area contributed by atoms with E-state index in [0.29, 0.717) is 18.7 Å². The van der Waals surface area contributed by atoms with Crippen LogP contribution in [-0.4, -0.2) is 78.7 Å². The highest BCUT2D eigenvalue weighted by Gasteiger charge is 2.49. The van der Waals surface area contributed by atoms with Crippen LogP contribution in [0.4, 0.5) is 0 Å². The number of likely N-dealkylation sites (tertiary alicyclic amines) is 2. The molecule has 0 spiro atoms. The quantitative estimate of drug-likeness (QED) is 0.365. The molecule has 2 aliphatic heterocycles. The van der Waals surface area contributed by atoms with Crippen LogP contribution in [0.1, 0.15) is 43.2 Å². The topological polar surface area (TPSA) is 132 Å². The highest BCUT2D eigenvalue weighted by molar-refractivity contribution is 7.89. The van der Waals surface area contributed by atoms with Crippen molar-refractivity contribution in [2.24, 2.45) is 5.41 Å². The van der Waals surface area contributed by atoms with E-state index in [9.17, 15) is 22.8 Å². The molecule has 0 unspecified atom stereocenters. The second-order valence-electron chi connectivity index (χ2n) is 12.0. The molecule has 10 nitrogen and oxygen atoms in total. The predicted molar refractivity (Wildman–Crippen MR) is 161 cm³/mol. The van der Waals surface area contributed by atoms with Gasteiger partial charge in [-0.1, -0.05) is 56.1 Å². The Morgan fingerprint density at radius 2 is 1.74 bits per heavy atom. The van der Waals surface area contributed by atoms with Gasteiger partial charge in [0.15, 0.2) is 0 Å². The van der Waals surface area contributed by atoms with E-state index in [-0.39, 0.29) is 45.4 Å². The van der Waals surface area contributed by atoms with Gasteiger partial charge in [0.2, 0.25) is 21.8 Å². The van der Waals surface area contributed by atoms with Crippen LogP contribution >= 0.6 is 23.2 Å².